The van der Waals surface area contributed by atoms with Gasteiger partial charge in [-0.1, -0.05) is 11.3 Å². The number of hydrogen-bond acceptors (Lipinski definition) is 5. The summed E-state index contributed by atoms with van der Waals surface area (Å²) in [7, 11) is -4.12. The summed E-state index contributed by atoms with van der Waals surface area (Å²) < 4.78 is 30.4. The number of nitrogens with zero attached hydrogens (tertiary/aromatic N) is 1. The lowest BCUT2D eigenvalue weighted by Gasteiger charge is -1.84. The second-order valence-electron chi connectivity index (χ2n) is 2.05. The van der Waals surface area contributed by atoms with Crippen LogP contribution in [0.15, 0.2) is 15.8 Å². The zero-order valence-electron chi connectivity index (χ0n) is 5.59. The maximum atomic E-state index is 10.6. The zero-order chi connectivity index (χ0) is 8.77. The monoisotopic (exact) mass is 221 g/mol. The van der Waals surface area contributed by atoms with Gasteiger partial charge in [0.25, 0.3) is 0 Å². The molecule has 0 saturated carbocycles. The molecule has 0 aliphatic carbocycles. The van der Waals surface area contributed by atoms with Gasteiger partial charge in [-0.15, -0.1) is 11.3 Å². The zero-order valence-corrected chi connectivity index (χ0v) is 8.04. The van der Waals surface area contributed by atoms with E-state index in [-0.39, 0.29) is 4.34 Å². The van der Waals surface area contributed by atoms with E-state index < -0.39 is 10.1 Å². The molecule has 0 amide bonds. The summed E-state index contributed by atoms with van der Waals surface area (Å²) in [4.78, 5) is 3.73. The second-order valence-corrected chi connectivity index (χ2v) is 5.82. The van der Waals surface area contributed by atoms with E-state index in [9.17, 15) is 8.42 Å². The highest BCUT2D eigenvalue weighted by molar-refractivity contribution is 7.88. The van der Waals surface area contributed by atoms with Crippen LogP contribution in [0.25, 0.3) is 9.53 Å². The van der Waals surface area contributed by atoms with Crippen molar-refractivity contribution in [3.8, 4) is 0 Å². The molecule has 1 N–H and O–H groups in total. The number of thiazole rings is 1. The lowest BCUT2D eigenvalue weighted by atomic mass is 10.6. The van der Waals surface area contributed by atoms with Crippen molar-refractivity contribution in [2.24, 2.45) is 0 Å². The Bertz CT molecular complexity index is 480. The van der Waals surface area contributed by atoms with Gasteiger partial charge in [0, 0.05) is 0 Å². The lowest BCUT2D eigenvalue weighted by Crippen LogP contribution is -1.95. The van der Waals surface area contributed by atoms with E-state index in [1.165, 1.54) is 11.3 Å². The molecule has 0 aliphatic rings. The molecule has 2 aromatic heterocycles. The van der Waals surface area contributed by atoms with E-state index >= 15 is 0 Å². The number of hydrogen-bond donors (Lipinski definition) is 1. The van der Waals surface area contributed by atoms with Gasteiger partial charge >= 0.3 is 10.1 Å². The summed E-state index contributed by atoms with van der Waals surface area (Å²) in [5.74, 6) is 0. The second kappa shape index (κ2) is 2.49. The van der Waals surface area contributed by atoms with Gasteiger partial charge < -0.3 is 0 Å². The van der Waals surface area contributed by atoms with Gasteiger partial charge in [0.15, 0.2) is 0 Å². The van der Waals surface area contributed by atoms with Crippen LogP contribution in [0.2, 0.25) is 0 Å². The highest BCUT2D eigenvalue weighted by atomic mass is 32.3. The Morgan fingerprint density at radius 1 is 1.50 bits per heavy atom. The van der Waals surface area contributed by atoms with Crippen molar-refractivity contribution >= 4 is 42.3 Å². The maximum Gasteiger partial charge on any atom is 0.322 e. The Balaban J connectivity index is 2.75. The molecule has 0 saturated heterocycles. The van der Waals surface area contributed by atoms with Crippen LogP contribution in [0.5, 0.6) is 0 Å². The molecule has 2 heterocycles. The van der Waals surface area contributed by atoms with Crippen molar-refractivity contribution in [3.05, 3.63) is 11.4 Å². The van der Waals surface area contributed by atoms with Crippen molar-refractivity contribution in [3.63, 3.8) is 0 Å². The van der Waals surface area contributed by atoms with Gasteiger partial charge in [0.2, 0.25) is 4.34 Å². The van der Waals surface area contributed by atoms with Crippen LogP contribution in [0, 0.1) is 0 Å². The van der Waals surface area contributed by atoms with E-state index in [0.717, 1.165) is 15.4 Å². The fourth-order valence-electron chi connectivity index (χ4n) is 0.759. The van der Waals surface area contributed by atoms with E-state index in [0.29, 0.717) is 5.52 Å². The number of thiophene rings is 1. The molecule has 0 unspecified atom stereocenters. The average Bonchev–Trinajstić information content (AvgIpc) is 2.37. The normalized spacial score (nSPS) is 12.4. The minimum absolute atomic E-state index is 0.232. The SMILES string of the molecule is O=S(=O)(O)c1nc2ccsc2s1. The summed E-state index contributed by atoms with van der Waals surface area (Å²) >= 11 is 2.39. The van der Waals surface area contributed by atoms with E-state index in [1.54, 1.807) is 6.07 Å². The molecule has 2 rings (SSSR count). The van der Waals surface area contributed by atoms with Crippen molar-refractivity contribution in [1.29, 1.82) is 0 Å². The van der Waals surface area contributed by atoms with Gasteiger partial charge in [0.05, 0.1) is 5.52 Å². The molecule has 0 bridgehead atoms. The number of aromatic nitrogens is 1. The van der Waals surface area contributed by atoms with Gasteiger partial charge in [-0.3, -0.25) is 4.55 Å². The van der Waals surface area contributed by atoms with Crippen molar-refractivity contribution < 1.29 is 13.0 Å². The van der Waals surface area contributed by atoms with Crippen LogP contribution in [-0.4, -0.2) is 18.0 Å². The first-order valence-electron chi connectivity index (χ1n) is 2.89. The predicted octanol–water partition coefficient (Wildman–Crippen LogP) is 1.60. The van der Waals surface area contributed by atoms with Gasteiger partial charge in [-0.05, 0) is 11.4 Å². The quantitative estimate of drug-likeness (QED) is 0.743. The molecule has 64 valence electrons. The minimum atomic E-state index is -4.12. The maximum absolute atomic E-state index is 10.6. The molecule has 0 aromatic carbocycles. The lowest BCUT2D eigenvalue weighted by molar-refractivity contribution is 0.482. The average molecular weight is 221 g/mol. The van der Waals surface area contributed by atoms with E-state index in [1.807, 2.05) is 5.38 Å². The van der Waals surface area contributed by atoms with Crippen molar-refractivity contribution in [2.45, 2.75) is 4.34 Å². The van der Waals surface area contributed by atoms with Crippen LogP contribution in [0.1, 0.15) is 0 Å². The summed E-state index contributed by atoms with van der Waals surface area (Å²) in [6.45, 7) is 0. The third-order valence-electron chi connectivity index (χ3n) is 1.22. The molecule has 12 heavy (non-hydrogen) atoms. The number of fused-ring (bicyclic) bond motifs is 1. The standard InChI is InChI=1S/C5H3NO3S3/c7-12(8,9)5-6-3-1-2-10-4(3)11-5/h1-2H,(H,7,8,9). The largest absolute Gasteiger partial charge is 0.322 e. The molecule has 0 spiro atoms. The van der Waals surface area contributed by atoms with Crippen molar-refractivity contribution in [2.75, 3.05) is 0 Å². The predicted molar refractivity (Wildman–Crippen MR) is 47.3 cm³/mol. The molecule has 0 fully saturated rings. The van der Waals surface area contributed by atoms with Crippen LogP contribution in [0.3, 0.4) is 0 Å². The first-order valence-corrected chi connectivity index (χ1v) is 6.02. The van der Waals surface area contributed by atoms with Gasteiger partial charge in [0.1, 0.15) is 4.01 Å². The smallest absolute Gasteiger partial charge is 0.280 e. The van der Waals surface area contributed by atoms with E-state index in [2.05, 4.69) is 4.98 Å². The summed E-state index contributed by atoms with van der Waals surface area (Å²) in [6.07, 6.45) is 0. The first-order chi connectivity index (χ1) is 5.57. The Labute approximate surface area is 76.2 Å². The Hall–Kier alpha value is -0.500. The van der Waals surface area contributed by atoms with Crippen LogP contribution < -0.4 is 0 Å². The molecular formula is C5H3NO3S3. The molecule has 4 nitrogen and oxygen atoms in total. The highest BCUT2D eigenvalue weighted by Gasteiger charge is 2.15. The molecule has 0 atom stereocenters. The molecule has 0 aliphatic heterocycles. The third-order valence-corrected chi connectivity index (χ3v) is 4.53. The molecule has 0 radical (unpaired) electrons. The Morgan fingerprint density at radius 3 is 2.83 bits per heavy atom. The minimum Gasteiger partial charge on any atom is -0.280 e. The topological polar surface area (TPSA) is 67.3 Å². The van der Waals surface area contributed by atoms with Crippen LogP contribution >= 0.6 is 22.7 Å². The third kappa shape index (κ3) is 1.24. The Kier molecular flexibility index (Phi) is 1.69. The molecular weight excluding hydrogens is 218 g/mol. The highest BCUT2D eigenvalue weighted by Crippen LogP contribution is 2.29. The van der Waals surface area contributed by atoms with Crippen molar-refractivity contribution in [1.82, 2.24) is 4.98 Å². The molecule has 2 aromatic rings. The van der Waals surface area contributed by atoms with Gasteiger partial charge in [-0.25, -0.2) is 4.98 Å². The summed E-state index contributed by atoms with van der Waals surface area (Å²) in [6, 6.07) is 1.71. The van der Waals surface area contributed by atoms with Crippen LogP contribution in [-0.2, 0) is 10.1 Å². The fraction of sp³-hybridized carbons (Fsp3) is 0. The summed E-state index contributed by atoms with van der Waals surface area (Å²) in [5, 5.41) is 1.82. The summed E-state index contributed by atoms with van der Waals surface area (Å²) in [5.41, 5.74) is 0.623. The first kappa shape index (κ1) is 8.11. The number of rotatable bonds is 1. The van der Waals surface area contributed by atoms with Crippen LogP contribution in [0.4, 0.5) is 0 Å². The van der Waals surface area contributed by atoms with Gasteiger partial charge in [-0.2, -0.15) is 8.42 Å². The Morgan fingerprint density at radius 2 is 2.25 bits per heavy atom. The molecule has 7 heteroatoms. The fourth-order valence-corrected chi connectivity index (χ4v) is 3.47. The van der Waals surface area contributed by atoms with E-state index in [4.69, 9.17) is 4.55 Å².